The Balaban J connectivity index is 2.01. The zero-order valence-corrected chi connectivity index (χ0v) is 11.4. The summed E-state index contributed by atoms with van der Waals surface area (Å²) in [5, 5.41) is 9.00. The van der Waals surface area contributed by atoms with Crippen LogP contribution >= 0.6 is 23.2 Å². The number of halogens is 2. The first-order chi connectivity index (χ1) is 9.13. The summed E-state index contributed by atoms with van der Waals surface area (Å²) in [5.74, 6) is 0.814. The highest BCUT2D eigenvalue weighted by Crippen LogP contribution is 2.29. The van der Waals surface area contributed by atoms with Crippen LogP contribution in [-0.2, 0) is 7.05 Å². The minimum Gasteiger partial charge on any atom is -0.333 e. The van der Waals surface area contributed by atoms with Gasteiger partial charge >= 0.3 is 0 Å². The fourth-order valence-electron chi connectivity index (χ4n) is 1.65. The lowest BCUT2D eigenvalue weighted by atomic mass is 10.2. The molecule has 2 heterocycles. The van der Waals surface area contributed by atoms with E-state index in [1.165, 1.54) is 0 Å². The van der Waals surface area contributed by atoms with Crippen molar-refractivity contribution in [2.45, 2.75) is 0 Å². The maximum atomic E-state index is 6.10. The van der Waals surface area contributed by atoms with Gasteiger partial charge in [0.1, 0.15) is 0 Å². The highest BCUT2D eigenvalue weighted by Gasteiger charge is 2.14. The molecule has 0 unspecified atom stereocenters. The molecular weight excluding hydrogens is 287 g/mol. The molecule has 3 rings (SSSR count). The fourth-order valence-corrected chi connectivity index (χ4v) is 2.15. The van der Waals surface area contributed by atoms with Gasteiger partial charge in [-0.15, -0.1) is 0 Å². The molecule has 0 aliphatic heterocycles. The summed E-state index contributed by atoms with van der Waals surface area (Å²) >= 11 is 11.9. The Morgan fingerprint density at radius 2 is 2.11 bits per heavy atom. The van der Waals surface area contributed by atoms with E-state index in [4.69, 9.17) is 27.7 Å². The largest absolute Gasteiger partial charge is 0.333 e. The van der Waals surface area contributed by atoms with Crippen molar-refractivity contribution in [3.8, 4) is 22.8 Å². The number of benzene rings is 1. The Morgan fingerprint density at radius 1 is 1.26 bits per heavy atom. The van der Waals surface area contributed by atoms with Crippen LogP contribution in [-0.4, -0.2) is 19.9 Å². The highest BCUT2D eigenvalue weighted by molar-refractivity contribution is 6.36. The van der Waals surface area contributed by atoms with Crippen molar-refractivity contribution >= 4 is 23.2 Å². The predicted octanol–water partition coefficient (Wildman–Crippen LogP) is 3.44. The Kier molecular flexibility index (Phi) is 3.00. The second-order valence-electron chi connectivity index (χ2n) is 3.95. The van der Waals surface area contributed by atoms with Crippen molar-refractivity contribution in [2.24, 2.45) is 7.05 Å². The molecule has 0 saturated carbocycles. The van der Waals surface area contributed by atoms with Crippen molar-refractivity contribution in [3.63, 3.8) is 0 Å². The van der Waals surface area contributed by atoms with Crippen LogP contribution in [0.1, 0.15) is 0 Å². The summed E-state index contributed by atoms with van der Waals surface area (Å²) in [6.45, 7) is 0. The molecule has 0 fully saturated rings. The number of rotatable bonds is 2. The van der Waals surface area contributed by atoms with Crippen LogP contribution in [0, 0.1) is 0 Å². The summed E-state index contributed by atoms with van der Waals surface area (Å²) in [5.41, 5.74) is 1.43. The molecular formula is C12H8Cl2N4O. The van der Waals surface area contributed by atoms with Crippen LogP contribution in [0.3, 0.4) is 0 Å². The Morgan fingerprint density at radius 3 is 2.79 bits per heavy atom. The lowest BCUT2D eigenvalue weighted by molar-refractivity contribution is 0.432. The van der Waals surface area contributed by atoms with Gasteiger partial charge in [-0.3, -0.25) is 4.68 Å². The van der Waals surface area contributed by atoms with Crippen LogP contribution < -0.4 is 0 Å². The minimum atomic E-state index is 0.397. The molecule has 7 heteroatoms. The zero-order chi connectivity index (χ0) is 13.4. The molecule has 0 amide bonds. The van der Waals surface area contributed by atoms with Gasteiger partial charge in [-0.2, -0.15) is 10.1 Å². The van der Waals surface area contributed by atoms with Gasteiger partial charge in [0.15, 0.2) is 0 Å². The number of aromatic nitrogens is 4. The lowest BCUT2D eigenvalue weighted by Crippen LogP contribution is -1.84. The van der Waals surface area contributed by atoms with Crippen LogP contribution in [0.25, 0.3) is 22.8 Å². The van der Waals surface area contributed by atoms with E-state index in [0.717, 1.165) is 5.56 Å². The first-order valence-electron chi connectivity index (χ1n) is 5.41. The quantitative estimate of drug-likeness (QED) is 0.726. The Bertz CT molecular complexity index is 735. The van der Waals surface area contributed by atoms with Gasteiger partial charge in [0, 0.05) is 23.8 Å². The van der Waals surface area contributed by atoms with Crippen LogP contribution in [0.5, 0.6) is 0 Å². The van der Waals surface area contributed by atoms with E-state index in [0.29, 0.717) is 27.3 Å². The monoisotopic (exact) mass is 294 g/mol. The molecule has 0 radical (unpaired) electrons. The first-order valence-corrected chi connectivity index (χ1v) is 6.17. The first kappa shape index (κ1) is 12.2. The SMILES string of the molecule is Cn1cc(-c2nc(-c3ccc(Cl)cc3Cl)no2)cn1. The normalized spacial score (nSPS) is 10.9. The molecule has 0 bridgehead atoms. The topological polar surface area (TPSA) is 56.7 Å². The van der Waals surface area contributed by atoms with Crippen LogP contribution in [0.15, 0.2) is 35.1 Å². The van der Waals surface area contributed by atoms with Crippen LogP contribution in [0.4, 0.5) is 0 Å². The third kappa shape index (κ3) is 2.34. The minimum absolute atomic E-state index is 0.397. The smallest absolute Gasteiger partial charge is 0.261 e. The maximum Gasteiger partial charge on any atom is 0.261 e. The third-order valence-corrected chi connectivity index (χ3v) is 3.10. The Hall–Kier alpha value is -1.85. The standard InChI is InChI=1S/C12H8Cl2N4O/c1-18-6-7(5-15-18)12-16-11(17-19-12)9-3-2-8(13)4-10(9)14/h2-6H,1H3. The molecule has 96 valence electrons. The van der Waals surface area contributed by atoms with E-state index in [1.54, 1.807) is 35.3 Å². The van der Waals surface area contributed by atoms with Crippen molar-refractivity contribution < 1.29 is 4.52 Å². The molecule has 5 nitrogen and oxygen atoms in total. The van der Waals surface area contributed by atoms with Gasteiger partial charge in [0.05, 0.1) is 16.8 Å². The van der Waals surface area contributed by atoms with Gasteiger partial charge in [0.25, 0.3) is 5.89 Å². The predicted molar refractivity (Wildman–Crippen MR) is 72.0 cm³/mol. The van der Waals surface area contributed by atoms with E-state index in [9.17, 15) is 0 Å². The van der Waals surface area contributed by atoms with E-state index < -0.39 is 0 Å². The van der Waals surface area contributed by atoms with Crippen molar-refractivity contribution in [3.05, 3.63) is 40.6 Å². The number of aryl methyl sites for hydroxylation is 1. The summed E-state index contributed by atoms with van der Waals surface area (Å²) < 4.78 is 6.86. The van der Waals surface area contributed by atoms with E-state index in [-0.39, 0.29) is 0 Å². The molecule has 0 aliphatic rings. The number of hydrogen-bond donors (Lipinski definition) is 0. The van der Waals surface area contributed by atoms with Crippen molar-refractivity contribution in [1.82, 2.24) is 19.9 Å². The molecule has 0 saturated heterocycles. The molecule has 3 aromatic rings. The molecule has 2 aromatic heterocycles. The van der Waals surface area contributed by atoms with Crippen LogP contribution in [0.2, 0.25) is 10.0 Å². The lowest BCUT2D eigenvalue weighted by Gasteiger charge is -1.98. The summed E-state index contributed by atoms with van der Waals surface area (Å²) in [6.07, 6.45) is 3.45. The molecule has 1 aromatic carbocycles. The Labute approximate surface area is 118 Å². The second-order valence-corrected chi connectivity index (χ2v) is 4.79. The van der Waals surface area contributed by atoms with Gasteiger partial charge in [-0.25, -0.2) is 0 Å². The maximum absolute atomic E-state index is 6.10. The fraction of sp³-hybridized carbons (Fsp3) is 0.0833. The number of hydrogen-bond acceptors (Lipinski definition) is 4. The van der Waals surface area contributed by atoms with Gasteiger partial charge in [0.2, 0.25) is 5.82 Å². The average Bonchev–Trinajstić information content (AvgIpc) is 2.97. The molecule has 0 spiro atoms. The average molecular weight is 295 g/mol. The third-order valence-electron chi connectivity index (χ3n) is 2.55. The number of nitrogens with zero attached hydrogens (tertiary/aromatic N) is 4. The van der Waals surface area contributed by atoms with E-state index in [1.807, 2.05) is 7.05 Å². The van der Waals surface area contributed by atoms with E-state index >= 15 is 0 Å². The van der Waals surface area contributed by atoms with Gasteiger partial charge in [-0.1, -0.05) is 28.4 Å². The zero-order valence-electron chi connectivity index (χ0n) is 9.84. The molecule has 19 heavy (non-hydrogen) atoms. The summed E-state index contributed by atoms with van der Waals surface area (Å²) in [4.78, 5) is 4.30. The van der Waals surface area contributed by atoms with Crippen molar-refractivity contribution in [2.75, 3.05) is 0 Å². The van der Waals surface area contributed by atoms with Crippen molar-refractivity contribution in [1.29, 1.82) is 0 Å². The summed E-state index contributed by atoms with van der Waals surface area (Å²) in [7, 11) is 1.82. The second kappa shape index (κ2) is 4.68. The van der Waals surface area contributed by atoms with E-state index in [2.05, 4.69) is 15.2 Å². The highest BCUT2D eigenvalue weighted by atomic mass is 35.5. The molecule has 0 atom stereocenters. The molecule has 0 N–H and O–H groups in total. The summed E-state index contributed by atoms with van der Waals surface area (Å²) in [6, 6.07) is 5.12. The van der Waals surface area contributed by atoms with Gasteiger partial charge in [-0.05, 0) is 18.2 Å². The van der Waals surface area contributed by atoms with Gasteiger partial charge < -0.3 is 4.52 Å². The molecule has 0 aliphatic carbocycles.